The fourth-order valence-corrected chi connectivity index (χ4v) is 2.80. The van der Waals surface area contributed by atoms with Crippen LogP contribution in [0.15, 0.2) is 49.6 Å². The van der Waals surface area contributed by atoms with Gasteiger partial charge in [-0.3, -0.25) is 9.59 Å². The molecule has 0 aliphatic carbocycles. The molecule has 0 atom stereocenters. The molecule has 3 rings (SSSR count). The number of hydrogen-bond acceptors (Lipinski definition) is 4. The number of amides is 4. The smallest absolute Gasteiger partial charge is 0.329 e. The van der Waals surface area contributed by atoms with Crippen LogP contribution in [0.25, 0.3) is 6.08 Å². The molecule has 4 amide bonds. The van der Waals surface area contributed by atoms with Crippen LogP contribution in [0.4, 0.5) is 14.9 Å². The molecule has 2 aromatic rings. The molecule has 0 bridgehead atoms. The molecule has 1 aliphatic rings. The number of anilines is 1. The Bertz CT molecular complexity index is 922. The maximum atomic E-state index is 13.6. The van der Waals surface area contributed by atoms with Crippen LogP contribution in [0.1, 0.15) is 5.76 Å². The number of halogens is 3. The first-order chi connectivity index (χ1) is 12.3. The lowest BCUT2D eigenvalue weighted by Gasteiger charge is -2.12. The van der Waals surface area contributed by atoms with Crippen LogP contribution in [-0.2, 0) is 9.59 Å². The number of hydrogen-bond donors (Lipinski definition) is 2. The van der Waals surface area contributed by atoms with Crippen molar-refractivity contribution < 1.29 is 23.2 Å². The number of rotatable bonds is 4. The van der Waals surface area contributed by atoms with Crippen molar-refractivity contribution in [2.75, 3.05) is 11.9 Å². The van der Waals surface area contributed by atoms with Crippen LogP contribution < -0.4 is 10.6 Å². The molecule has 0 spiro atoms. The van der Waals surface area contributed by atoms with Crippen LogP contribution in [0.5, 0.6) is 0 Å². The second-order valence-electron chi connectivity index (χ2n) is 5.18. The van der Waals surface area contributed by atoms with Crippen molar-refractivity contribution in [1.29, 1.82) is 0 Å². The highest BCUT2D eigenvalue weighted by Crippen LogP contribution is 2.28. The Labute approximate surface area is 163 Å². The van der Waals surface area contributed by atoms with E-state index < -0.39 is 30.2 Å². The fourth-order valence-electron chi connectivity index (χ4n) is 2.19. The Morgan fingerprint density at radius 3 is 2.69 bits per heavy atom. The quantitative estimate of drug-likeness (QED) is 0.511. The molecule has 2 N–H and O–H groups in total. The molecule has 2 heterocycles. The van der Waals surface area contributed by atoms with Gasteiger partial charge < -0.3 is 15.1 Å². The van der Waals surface area contributed by atoms with Crippen LogP contribution in [0.3, 0.4) is 0 Å². The highest BCUT2D eigenvalue weighted by molar-refractivity contribution is 9.13. The molecule has 7 nitrogen and oxygen atoms in total. The normalized spacial score (nSPS) is 15.5. The van der Waals surface area contributed by atoms with Gasteiger partial charge in [0.05, 0.1) is 10.2 Å². The second-order valence-corrected chi connectivity index (χ2v) is 6.75. The first-order valence-corrected chi connectivity index (χ1v) is 8.77. The zero-order chi connectivity index (χ0) is 18.8. The zero-order valence-corrected chi connectivity index (χ0v) is 16.1. The second kappa shape index (κ2) is 7.42. The van der Waals surface area contributed by atoms with E-state index in [4.69, 9.17) is 4.42 Å². The topological polar surface area (TPSA) is 91.7 Å². The van der Waals surface area contributed by atoms with Gasteiger partial charge in [-0.1, -0.05) is 12.1 Å². The summed E-state index contributed by atoms with van der Waals surface area (Å²) < 4.78 is 19.9. The average molecular weight is 487 g/mol. The summed E-state index contributed by atoms with van der Waals surface area (Å²) in [6, 6.07) is 6.43. The standard InChI is InChI=1S/C16H10Br2FN3O4/c17-9-5-8(26-14(9)18)6-12-15(24)22(16(25)21-12)7-13(23)20-11-4-2-1-3-10(11)19/h1-6H,7H2,(H,20,23)(H,21,25)/b12-6-. The predicted molar refractivity (Wildman–Crippen MR) is 97.4 cm³/mol. The molecule has 134 valence electrons. The van der Waals surface area contributed by atoms with E-state index >= 15 is 0 Å². The van der Waals surface area contributed by atoms with E-state index in [2.05, 4.69) is 42.5 Å². The number of carbonyl (C=O) groups is 3. The maximum absolute atomic E-state index is 13.6. The molecular formula is C16H10Br2FN3O4. The Hall–Kier alpha value is -2.46. The van der Waals surface area contributed by atoms with E-state index in [-0.39, 0.29) is 11.4 Å². The van der Waals surface area contributed by atoms with Gasteiger partial charge in [0, 0.05) is 6.08 Å². The predicted octanol–water partition coefficient (Wildman–Crippen LogP) is 3.48. The van der Waals surface area contributed by atoms with Gasteiger partial charge >= 0.3 is 6.03 Å². The van der Waals surface area contributed by atoms with Gasteiger partial charge in [0.25, 0.3) is 5.91 Å². The van der Waals surface area contributed by atoms with Crippen molar-refractivity contribution in [3.63, 3.8) is 0 Å². The number of urea groups is 1. The number of benzene rings is 1. The lowest BCUT2D eigenvalue weighted by Crippen LogP contribution is -2.38. The highest BCUT2D eigenvalue weighted by atomic mass is 79.9. The Morgan fingerprint density at radius 1 is 1.31 bits per heavy atom. The first kappa shape index (κ1) is 18.3. The van der Waals surface area contributed by atoms with Gasteiger partial charge in [0.15, 0.2) is 4.67 Å². The van der Waals surface area contributed by atoms with Gasteiger partial charge in [0.1, 0.15) is 23.8 Å². The molecule has 1 aromatic carbocycles. The van der Waals surface area contributed by atoms with Gasteiger partial charge in [-0.05, 0) is 50.1 Å². The summed E-state index contributed by atoms with van der Waals surface area (Å²) in [6.07, 6.45) is 1.34. The number of nitrogens with one attached hydrogen (secondary N) is 2. The van der Waals surface area contributed by atoms with E-state index in [1.807, 2.05) is 0 Å². The average Bonchev–Trinajstić information content (AvgIpc) is 3.03. The monoisotopic (exact) mass is 485 g/mol. The Kier molecular flexibility index (Phi) is 5.23. The van der Waals surface area contributed by atoms with Crippen molar-refractivity contribution in [2.45, 2.75) is 0 Å². The van der Waals surface area contributed by atoms with Gasteiger partial charge in [-0.25, -0.2) is 14.1 Å². The van der Waals surface area contributed by atoms with Gasteiger partial charge in [-0.2, -0.15) is 0 Å². The van der Waals surface area contributed by atoms with Crippen LogP contribution in [0, 0.1) is 5.82 Å². The molecule has 1 aliphatic heterocycles. The van der Waals surface area contributed by atoms with Crippen LogP contribution in [-0.4, -0.2) is 29.3 Å². The number of nitrogens with zero attached hydrogens (tertiary/aromatic N) is 1. The number of furan rings is 1. The van der Waals surface area contributed by atoms with Crippen molar-refractivity contribution in [1.82, 2.24) is 10.2 Å². The lowest BCUT2D eigenvalue weighted by atomic mass is 10.3. The molecule has 1 aromatic heterocycles. The molecule has 0 saturated carbocycles. The summed E-state index contributed by atoms with van der Waals surface area (Å²) in [5, 5.41) is 4.68. The molecular weight excluding hydrogens is 477 g/mol. The third-order valence-corrected chi connectivity index (χ3v) is 5.07. The summed E-state index contributed by atoms with van der Waals surface area (Å²) in [6.45, 7) is -0.554. The van der Waals surface area contributed by atoms with Crippen LogP contribution in [0.2, 0.25) is 0 Å². The van der Waals surface area contributed by atoms with E-state index in [9.17, 15) is 18.8 Å². The van der Waals surface area contributed by atoms with Crippen molar-refractivity contribution in [3.05, 3.63) is 56.7 Å². The van der Waals surface area contributed by atoms with Crippen molar-refractivity contribution >= 4 is 61.5 Å². The first-order valence-electron chi connectivity index (χ1n) is 7.19. The number of para-hydroxylation sites is 1. The van der Waals surface area contributed by atoms with E-state index in [0.717, 1.165) is 4.90 Å². The molecule has 1 fully saturated rings. The highest BCUT2D eigenvalue weighted by Gasteiger charge is 2.35. The van der Waals surface area contributed by atoms with Gasteiger partial charge in [0.2, 0.25) is 5.91 Å². The van der Waals surface area contributed by atoms with Gasteiger partial charge in [-0.15, -0.1) is 0 Å². The lowest BCUT2D eigenvalue weighted by molar-refractivity contribution is -0.127. The third-order valence-electron chi connectivity index (χ3n) is 3.36. The van der Waals surface area contributed by atoms with E-state index in [1.165, 1.54) is 24.3 Å². The van der Waals surface area contributed by atoms with Crippen molar-refractivity contribution in [2.24, 2.45) is 0 Å². The zero-order valence-electron chi connectivity index (χ0n) is 12.9. The number of carbonyl (C=O) groups excluding carboxylic acids is 3. The fraction of sp³-hybridized carbons (Fsp3) is 0.0625. The molecule has 0 unspecified atom stereocenters. The number of imide groups is 1. The molecule has 1 saturated heterocycles. The third kappa shape index (κ3) is 3.86. The van der Waals surface area contributed by atoms with Crippen LogP contribution >= 0.6 is 31.9 Å². The largest absolute Gasteiger partial charge is 0.449 e. The maximum Gasteiger partial charge on any atom is 0.329 e. The minimum atomic E-state index is -0.755. The van der Waals surface area contributed by atoms with Crippen molar-refractivity contribution in [3.8, 4) is 0 Å². The summed E-state index contributed by atoms with van der Waals surface area (Å²) in [7, 11) is 0. The SMILES string of the molecule is O=C(CN1C(=O)N/C(=C\c2cc(Br)c(Br)o2)C1=O)Nc1ccccc1F. The Balaban J connectivity index is 1.71. The summed E-state index contributed by atoms with van der Waals surface area (Å²) >= 11 is 6.40. The molecule has 26 heavy (non-hydrogen) atoms. The van der Waals surface area contributed by atoms with E-state index in [0.29, 0.717) is 14.9 Å². The Morgan fingerprint density at radius 2 is 2.04 bits per heavy atom. The minimum Gasteiger partial charge on any atom is -0.449 e. The summed E-state index contributed by atoms with van der Waals surface area (Å²) in [5.41, 5.74) is -0.0759. The van der Waals surface area contributed by atoms with E-state index in [1.54, 1.807) is 12.1 Å². The molecule has 0 radical (unpaired) electrons. The molecule has 10 heteroatoms. The minimum absolute atomic E-state index is 0.0365. The summed E-state index contributed by atoms with van der Waals surface area (Å²) in [5.74, 6) is -1.69. The summed E-state index contributed by atoms with van der Waals surface area (Å²) in [4.78, 5) is 37.0.